The van der Waals surface area contributed by atoms with Gasteiger partial charge in [0.1, 0.15) is 11.6 Å². The highest BCUT2D eigenvalue weighted by molar-refractivity contribution is 5.76. The van der Waals surface area contributed by atoms with Crippen LogP contribution >= 0.6 is 0 Å². The SMILES string of the molecule is Cc1nc(C)n(C(C)Cc2cc(=O)n3[nH]cc(-c4ccccc4)c3n2)n1. The second-order valence-electron chi connectivity index (χ2n) is 6.50. The first-order valence-corrected chi connectivity index (χ1v) is 8.58. The predicted molar refractivity (Wildman–Crippen MR) is 99.2 cm³/mol. The Balaban J connectivity index is 1.75. The van der Waals surface area contributed by atoms with Gasteiger partial charge in [0.05, 0.1) is 11.7 Å². The minimum absolute atomic E-state index is 0.0599. The molecule has 1 N–H and O–H groups in total. The van der Waals surface area contributed by atoms with Gasteiger partial charge in [-0.05, 0) is 26.3 Å². The Kier molecular flexibility index (Phi) is 3.91. The summed E-state index contributed by atoms with van der Waals surface area (Å²) in [4.78, 5) is 21.6. The van der Waals surface area contributed by atoms with Gasteiger partial charge in [-0.1, -0.05) is 30.3 Å². The van der Waals surface area contributed by atoms with Crippen molar-refractivity contribution in [2.45, 2.75) is 33.2 Å². The number of aryl methyl sites for hydroxylation is 2. The molecule has 0 spiro atoms. The molecule has 0 aliphatic rings. The van der Waals surface area contributed by atoms with E-state index in [1.54, 1.807) is 6.07 Å². The van der Waals surface area contributed by atoms with Gasteiger partial charge >= 0.3 is 0 Å². The largest absolute Gasteiger partial charge is 0.296 e. The van der Waals surface area contributed by atoms with Gasteiger partial charge < -0.3 is 0 Å². The number of hydrogen-bond donors (Lipinski definition) is 1. The molecule has 26 heavy (non-hydrogen) atoms. The van der Waals surface area contributed by atoms with Crippen LogP contribution in [0.4, 0.5) is 0 Å². The molecular formula is C19H20N6O. The zero-order chi connectivity index (χ0) is 18.3. The van der Waals surface area contributed by atoms with Gasteiger partial charge in [-0.25, -0.2) is 19.2 Å². The van der Waals surface area contributed by atoms with Crippen LogP contribution in [0.2, 0.25) is 0 Å². The number of H-pyrrole nitrogens is 1. The number of rotatable bonds is 4. The molecule has 1 atom stereocenters. The number of benzene rings is 1. The first-order chi connectivity index (χ1) is 12.5. The van der Waals surface area contributed by atoms with Gasteiger partial charge in [-0.3, -0.25) is 9.89 Å². The third-order valence-corrected chi connectivity index (χ3v) is 4.47. The molecule has 0 bridgehead atoms. The van der Waals surface area contributed by atoms with Crippen LogP contribution in [0.3, 0.4) is 0 Å². The molecule has 0 aliphatic carbocycles. The minimum atomic E-state index is -0.120. The Morgan fingerprint density at radius 3 is 2.62 bits per heavy atom. The van der Waals surface area contributed by atoms with Gasteiger partial charge in [0.25, 0.3) is 5.56 Å². The lowest BCUT2D eigenvalue weighted by Gasteiger charge is -2.13. The molecule has 4 rings (SSSR count). The third-order valence-electron chi connectivity index (χ3n) is 4.47. The molecule has 7 nitrogen and oxygen atoms in total. The highest BCUT2D eigenvalue weighted by Crippen LogP contribution is 2.23. The van der Waals surface area contributed by atoms with Crippen LogP contribution in [0.1, 0.15) is 30.3 Å². The van der Waals surface area contributed by atoms with E-state index in [9.17, 15) is 4.79 Å². The van der Waals surface area contributed by atoms with Crippen molar-refractivity contribution in [3.05, 3.63) is 70.3 Å². The van der Waals surface area contributed by atoms with Crippen molar-refractivity contribution < 1.29 is 0 Å². The van der Waals surface area contributed by atoms with Crippen LogP contribution in [-0.2, 0) is 6.42 Å². The zero-order valence-electron chi connectivity index (χ0n) is 15.0. The number of fused-ring (bicyclic) bond motifs is 1. The maximum absolute atomic E-state index is 12.5. The number of aromatic amines is 1. The standard InChI is InChI=1S/C19H20N6O/c1-12(24-14(3)21-13(2)23-24)9-16-10-18(26)25-19(22-16)17(11-20-25)15-7-5-4-6-8-15/h4-8,10-12,20H,9H2,1-3H3. The van der Waals surface area contributed by atoms with Crippen molar-refractivity contribution in [3.8, 4) is 11.1 Å². The van der Waals surface area contributed by atoms with Crippen molar-refractivity contribution in [1.82, 2.24) is 29.4 Å². The number of aromatic nitrogens is 6. The van der Waals surface area contributed by atoms with E-state index in [1.807, 2.05) is 55.1 Å². The van der Waals surface area contributed by atoms with Gasteiger partial charge in [0, 0.05) is 24.2 Å². The van der Waals surface area contributed by atoms with E-state index in [0.29, 0.717) is 12.1 Å². The van der Waals surface area contributed by atoms with Gasteiger partial charge in [0.15, 0.2) is 5.65 Å². The van der Waals surface area contributed by atoms with E-state index in [4.69, 9.17) is 4.98 Å². The molecule has 1 aromatic carbocycles. The molecular weight excluding hydrogens is 328 g/mol. The lowest BCUT2D eigenvalue weighted by Crippen LogP contribution is -2.18. The van der Waals surface area contributed by atoms with Crippen LogP contribution in [-0.4, -0.2) is 29.4 Å². The molecule has 1 unspecified atom stereocenters. The monoisotopic (exact) mass is 348 g/mol. The highest BCUT2D eigenvalue weighted by atomic mass is 16.1. The lowest BCUT2D eigenvalue weighted by molar-refractivity contribution is 0.469. The second-order valence-corrected chi connectivity index (χ2v) is 6.50. The average Bonchev–Trinajstić information content (AvgIpc) is 3.19. The Morgan fingerprint density at radius 2 is 1.92 bits per heavy atom. The van der Waals surface area contributed by atoms with Crippen LogP contribution in [0.25, 0.3) is 16.8 Å². The molecule has 4 aromatic rings. The third kappa shape index (κ3) is 2.81. The average molecular weight is 348 g/mol. The smallest absolute Gasteiger partial charge is 0.272 e. The van der Waals surface area contributed by atoms with Crippen molar-refractivity contribution in [2.24, 2.45) is 0 Å². The first kappa shape index (κ1) is 16.3. The number of nitrogens with zero attached hydrogens (tertiary/aromatic N) is 5. The molecule has 3 heterocycles. The summed E-state index contributed by atoms with van der Waals surface area (Å²) in [5.41, 5.74) is 3.19. The van der Waals surface area contributed by atoms with Crippen LogP contribution < -0.4 is 5.56 Å². The summed E-state index contributed by atoms with van der Waals surface area (Å²) < 4.78 is 3.36. The molecule has 0 aliphatic heterocycles. The van der Waals surface area contributed by atoms with Gasteiger partial charge in [0.2, 0.25) is 0 Å². The maximum atomic E-state index is 12.5. The van der Waals surface area contributed by atoms with Gasteiger partial charge in [-0.2, -0.15) is 5.10 Å². The zero-order valence-corrected chi connectivity index (χ0v) is 15.0. The summed E-state index contributed by atoms with van der Waals surface area (Å²) in [5, 5.41) is 7.43. The summed E-state index contributed by atoms with van der Waals surface area (Å²) in [7, 11) is 0. The molecule has 0 amide bonds. The summed E-state index contributed by atoms with van der Waals surface area (Å²) in [6.07, 6.45) is 2.42. The Morgan fingerprint density at radius 1 is 1.15 bits per heavy atom. The fraction of sp³-hybridized carbons (Fsp3) is 0.263. The lowest BCUT2D eigenvalue weighted by atomic mass is 10.1. The Labute approximate surface area is 150 Å². The highest BCUT2D eigenvalue weighted by Gasteiger charge is 2.15. The molecule has 3 aromatic heterocycles. The fourth-order valence-electron chi connectivity index (χ4n) is 3.31. The molecule has 132 valence electrons. The van der Waals surface area contributed by atoms with Crippen molar-refractivity contribution in [2.75, 3.05) is 0 Å². The van der Waals surface area contributed by atoms with E-state index < -0.39 is 0 Å². The Bertz CT molecular complexity index is 1120. The maximum Gasteiger partial charge on any atom is 0.272 e. The van der Waals surface area contributed by atoms with E-state index >= 15 is 0 Å². The van der Waals surface area contributed by atoms with Crippen molar-refractivity contribution >= 4 is 5.65 Å². The summed E-state index contributed by atoms with van der Waals surface area (Å²) in [6.45, 7) is 5.86. The summed E-state index contributed by atoms with van der Waals surface area (Å²) >= 11 is 0. The van der Waals surface area contributed by atoms with E-state index in [-0.39, 0.29) is 11.6 Å². The van der Waals surface area contributed by atoms with Crippen LogP contribution in [0.15, 0.2) is 47.4 Å². The molecule has 0 saturated heterocycles. The molecule has 7 heteroatoms. The van der Waals surface area contributed by atoms with E-state index in [2.05, 4.69) is 22.1 Å². The normalized spacial score (nSPS) is 12.6. The summed E-state index contributed by atoms with van der Waals surface area (Å²) in [6, 6.07) is 11.6. The quantitative estimate of drug-likeness (QED) is 0.615. The second kappa shape index (κ2) is 6.25. The van der Waals surface area contributed by atoms with Gasteiger partial charge in [-0.15, -0.1) is 0 Å². The topological polar surface area (TPSA) is 80.9 Å². The van der Waals surface area contributed by atoms with Crippen LogP contribution in [0.5, 0.6) is 0 Å². The van der Waals surface area contributed by atoms with E-state index in [1.165, 1.54) is 4.52 Å². The van der Waals surface area contributed by atoms with Crippen molar-refractivity contribution in [1.29, 1.82) is 0 Å². The first-order valence-electron chi connectivity index (χ1n) is 8.58. The molecule has 0 fully saturated rings. The van der Waals surface area contributed by atoms with Crippen molar-refractivity contribution in [3.63, 3.8) is 0 Å². The minimum Gasteiger partial charge on any atom is -0.296 e. The van der Waals surface area contributed by atoms with Crippen LogP contribution in [0, 0.1) is 13.8 Å². The predicted octanol–water partition coefficient (Wildman–Crippen LogP) is 2.70. The summed E-state index contributed by atoms with van der Waals surface area (Å²) in [5.74, 6) is 1.61. The van der Waals surface area contributed by atoms with E-state index in [0.717, 1.165) is 28.5 Å². The number of nitrogens with one attached hydrogen (secondary N) is 1. The number of hydrogen-bond acceptors (Lipinski definition) is 4. The fourth-order valence-corrected chi connectivity index (χ4v) is 3.31. The Hall–Kier alpha value is -3.22. The molecule has 0 radical (unpaired) electrons. The molecule has 0 saturated carbocycles.